The van der Waals surface area contributed by atoms with Gasteiger partial charge in [-0.25, -0.2) is 13.4 Å². The van der Waals surface area contributed by atoms with Gasteiger partial charge in [0.25, 0.3) is 5.91 Å². The number of carbonyl (C=O) groups excluding carboxylic acids is 3. The van der Waals surface area contributed by atoms with Gasteiger partial charge in [-0.15, -0.1) is 0 Å². The molecule has 3 N–H and O–H groups in total. The van der Waals surface area contributed by atoms with Crippen molar-refractivity contribution >= 4 is 44.2 Å². The van der Waals surface area contributed by atoms with Crippen molar-refractivity contribution in [3.63, 3.8) is 0 Å². The highest BCUT2D eigenvalue weighted by molar-refractivity contribution is 7.91. The molecule has 0 spiro atoms. The second-order valence-corrected chi connectivity index (χ2v) is 16.7. The molecular weight excluding hydrogens is 671 g/mol. The molecular formula is C38H45N5O7S. The summed E-state index contributed by atoms with van der Waals surface area (Å²) in [6.07, 6.45) is 10.2. The Morgan fingerprint density at radius 2 is 1.88 bits per heavy atom. The maximum absolute atomic E-state index is 14.6. The number of fused-ring (bicyclic) bond motifs is 3. The molecule has 4 aliphatic rings. The summed E-state index contributed by atoms with van der Waals surface area (Å²) in [7, 11) is -2.36. The molecule has 2 aliphatic carbocycles. The standard InChI is InChI=1S/C38H45N5O7S/c1-37(18-19-37)51(47,48)42-36(46)38-23-26(38)12-6-4-3-5-7-16-31(40-27-13-10-14-28(21-27)49-2)35(45)43-24-29(22-32(43)33(44)41-38)50-34-30-15-9-8-11-25(30)17-20-39-34/h6,8-15,17,20-21,26,29,31-32,40H,3-5,7,16,18-19,22-24H2,1-2H3,(H,41,44)(H,42,46)/b12-6-/t26-,29-,31+,32+,38-/m1/s1. The zero-order chi connectivity index (χ0) is 35.8. The van der Waals surface area contributed by atoms with Crippen LogP contribution in [0.5, 0.6) is 11.6 Å². The first kappa shape index (κ1) is 34.8. The lowest BCUT2D eigenvalue weighted by Crippen LogP contribution is -2.58. The molecule has 3 heterocycles. The molecule has 1 aromatic heterocycles. The summed E-state index contributed by atoms with van der Waals surface area (Å²) in [5.74, 6) is -0.875. The van der Waals surface area contributed by atoms with Crippen molar-refractivity contribution < 1.29 is 32.3 Å². The predicted octanol–water partition coefficient (Wildman–Crippen LogP) is 4.47. The summed E-state index contributed by atoms with van der Waals surface area (Å²) in [6, 6.07) is 15.3. The van der Waals surface area contributed by atoms with E-state index in [0.717, 1.165) is 36.5 Å². The summed E-state index contributed by atoms with van der Waals surface area (Å²) in [6.45, 7) is 1.73. The second-order valence-electron chi connectivity index (χ2n) is 14.5. The first-order chi connectivity index (χ1) is 24.5. The van der Waals surface area contributed by atoms with Crippen molar-refractivity contribution in [2.45, 2.75) is 93.2 Å². The Kier molecular flexibility index (Phi) is 9.42. The number of methoxy groups -OCH3 is 1. The van der Waals surface area contributed by atoms with Crippen LogP contribution >= 0.6 is 0 Å². The zero-order valence-electron chi connectivity index (χ0n) is 29.0. The number of rotatable bonds is 8. The van der Waals surface area contributed by atoms with Crippen LogP contribution in [0.25, 0.3) is 10.8 Å². The van der Waals surface area contributed by atoms with E-state index < -0.39 is 50.3 Å². The number of carbonyl (C=O) groups is 3. The Balaban J connectivity index is 1.20. The highest BCUT2D eigenvalue weighted by atomic mass is 32.2. The molecule has 3 aromatic rings. The molecule has 270 valence electrons. The molecule has 7 rings (SSSR count). The molecule has 12 nitrogen and oxygen atoms in total. The van der Waals surface area contributed by atoms with E-state index in [1.165, 1.54) is 0 Å². The normalized spacial score (nSPS) is 28.2. The Labute approximate surface area is 298 Å². The number of amides is 3. The molecule has 13 heteroatoms. The zero-order valence-corrected chi connectivity index (χ0v) is 29.8. The SMILES string of the molecule is COc1cccc(N[C@H]2CCCCC/C=C\[C@@H]3C[C@@]3(C(=O)NS(=O)(=O)C3(C)CC3)NC(=O)[C@@H]3C[C@@H](Oc4nccc5ccccc45)CN3C2=O)c1. The first-order valence-electron chi connectivity index (χ1n) is 17.8. The van der Waals surface area contributed by atoms with Crippen molar-refractivity contribution in [3.05, 3.63) is 72.9 Å². The topological polar surface area (TPSA) is 156 Å². The van der Waals surface area contributed by atoms with Gasteiger partial charge in [0.15, 0.2) is 0 Å². The number of aromatic nitrogens is 1. The Hall–Kier alpha value is -4.65. The molecule has 51 heavy (non-hydrogen) atoms. The summed E-state index contributed by atoms with van der Waals surface area (Å²) >= 11 is 0. The van der Waals surface area contributed by atoms with Gasteiger partial charge in [0, 0.05) is 35.7 Å². The number of sulfonamides is 1. The number of benzene rings is 2. The highest BCUT2D eigenvalue weighted by Crippen LogP contribution is 2.47. The second kappa shape index (κ2) is 13.8. The van der Waals surface area contributed by atoms with E-state index in [9.17, 15) is 22.8 Å². The average Bonchev–Trinajstić information content (AvgIpc) is 4.00. The smallest absolute Gasteiger partial charge is 0.259 e. The van der Waals surface area contributed by atoms with Crippen LogP contribution in [0.4, 0.5) is 5.69 Å². The van der Waals surface area contributed by atoms with E-state index >= 15 is 0 Å². The van der Waals surface area contributed by atoms with Crippen molar-refractivity contribution in [1.29, 1.82) is 0 Å². The number of pyridine rings is 1. The fourth-order valence-corrected chi connectivity index (χ4v) is 8.52. The number of allylic oxidation sites excluding steroid dienone is 1. The summed E-state index contributed by atoms with van der Waals surface area (Å²) < 4.78 is 39.4. The van der Waals surface area contributed by atoms with Crippen LogP contribution in [0.15, 0.2) is 72.9 Å². The maximum atomic E-state index is 14.6. The van der Waals surface area contributed by atoms with Crippen LogP contribution in [-0.2, 0) is 24.4 Å². The summed E-state index contributed by atoms with van der Waals surface area (Å²) in [5.41, 5.74) is -0.738. The number of hydrogen-bond donors (Lipinski definition) is 3. The van der Waals surface area contributed by atoms with Crippen molar-refractivity contribution in [2.24, 2.45) is 5.92 Å². The van der Waals surface area contributed by atoms with E-state index in [0.29, 0.717) is 36.6 Å². The molecule has 2 aliphatic heterocycles. The van der Waals surface area contributed by atoms with E-state index in [1.54, 1.807) is 25.1 Å². The van der Waals surface area contributed by atoms with Crippen LogP contribution in [0.1, 0.15) is 64.7 Å². The van der Waals surface area contributed by atoms with Crippen molar-refractivity contribution in [3.8, 4) is 11.6 Å². The quantitative estimate of drug-likeness (QED) is 0.287. The van der Waals surface area contributed by atoms with Gasteiger partial charge in [-0.1, -0.05) is 49.3 Å². The number of anilines is 1. The first-order valence-corrected chi connectivity index (χ1v) is 19.3. The third-order valence-electron chi connectivity index (χ3n) is 10.8. The van der Waals surface area contributed by atoms with Crippen LogP contribution in [-0.4, -0.2) is 78.2 Å². The van der Waals surface area contributed by atoms with Gasteiger partial charge in [0.1, 0.15) is 29.5 Å². The van der Waals surface area contributed by atoms with Crippen molar-refractivity contribution in [2.75, 3.05) is 19.0 Å². The fourth-order valence-electron chi connectivity index (χ4n) is 7.20. The molecule has 3 fully saturated rings. The minimum Gasteiger partial charge on any atom is -0.497 e. The van der Waals surface area contributed by atoms with Crippen LogP contribution in [0.3, 0.4) is 0 Å². The van der Waals surface area contributed by atoms with Gasteiger partial charge in [0.05, 0.1) is 18.4 Å². The lowest BCUT2D eigenvalue weighted by molar-refractivity contribution is -0.140. The minimum absolute atomic E-state index is 0.118. The van der Waals surface area contributed by atoms with E-state index in [2.05, 4.69) is 20.3 Å². The van der Waals surface area contributed by atoms with Gasteiger partial charge >= 0.3 is 0 Å². The van der Waals surface area contributed by atoms with Gasteiger partial charge < -0.3 is 25.0 Å². The van der Waals surface area contributed by atoms with Crippen LogP contribution in [0.2, 0.25) is 0 Å². The van der Waals surface area contributed by atoms with Crippen LogP contribution < -0.4 is 24.8 Å². The lowest BCUT2D eigenvalue weighted by Gasteiger charge is -2.30. The monoisotopic (exact) mass is 715 g/mol. The summed E-state index contributed by atoms with van der Waals surface area (Å²) in [5, 5.41) is 8.11. The lowest BCUT2D eigenvalue weighted by atomic mass is 10.0. The molecule has 0 bridgehead atoms. The third kappa shape index (κ3) is 7.13. The minimum atomic E-state index is -3.94. The Morgan fingerprint density at radius 1 is 1.06 bits per heavy atom. The van der Waals surface area contributed by atoms with Gasteiger partial charge in [0.2, 0.25) is 27.7 Å². The maximum Gasteiger partial charge on any atom is 0.259 e. The number of nitrogens with zero attached hydrogens (tertiary/aromatic N) is 2. The van der Waals surface area contributed by atoms with E-state index in [-0.39, 0.29) is 31.2 Å². The van der Waals surface area contributed by atoms with Crippen molar-refractivity contribution in [1.82, 2.24) is 19.9 Å². The van der Waals surface area contributed by atoms with Crippen LogP contribution in [0, 0.1) is 5.92 Å². The predicted molar refractivity (Wildman–Crippen MR) is 193 cm³/mol. The molecule has 0 radical (unpaired) electrons. The highest BCUT2D eigenvalue weighted by Gasteiger charge is 2.63. The molecule has 0 unspecified atom stereocenters. The molecule has 1 saturated heterocycles. The molecule has 3 amide bonds. The molecule has 2 saturated carbocycles. The van der Waals surface area contributed by atoms with Gasteiger partial charge in [-0.2, -0.15) is 0 Å². The third-order valence-corrected chi connectivity index (χ3v) is 13.0. The largest absolute Gasteiger partial charge is 0.497 e. The number of ether oxygens (including phenoxy) is 2. The van der Waals surface area contributed by atoms with Gasteiger partial charge in [-0.05, 0) is 75.1 Å². The van der Waals surface area contributed by atoms with E-state index in [4.69, 9.17) is 9.47 Å². The average molecular weight is 716 g/mol. The number of nitrogens with one attached hydrogen (secondary N) is 3. The van der Waals surface area contributed by atoms with E-state index in [1.807, 2.05) is 66.7 Å². The summed E-state index contributed by atoms with van der Waals surface area (Å²) in [4.78, 5) is 48.8. The molecule has 2 aromatic carbocycles. The molecule has 5 atom stereocenters. The Morgan fingerprint density at radius 3 is 2.69 bits per heavy atom. The fraction of sp³-hybridized carbons (Fsp3) is 0.474. The van der Waals surface area contributed by atoms with Gasteiger partial charge in [-0.3, -0.25) is 19.1 Å². The Bertz CT molecular complexity index is 1960. The number of hydrogen-bond acceptors (Lipinski definition) is 9.